The molecule has 3 aromatic rings. The molecule has 2 unspecified atom stereocenters. The van der Waals surface area contributed by atoms with Crippen molar-refractivity contribution in [3.05, 3.63) is 108 Å². The number of nitrogens with zero attached hydrogens (tertiary/aromatic N) is 2. The number of hydrogen-bond donors (Lipinski definition) is 0. The van der Waals surface area contributed by atoms with Crippen molar-refractivity contribution in [2.45, 2.75) is 43.6 Å². The maximum atomic E-state index is 13.9. The van der Waals surface area contributed by atoms with Crippen LogP contribution in [0.1, 0.15) is 42.9 Å². The average Bonchev–Trinajstić information content (AvgIpc) is 3.64. The molecule has 0 N–H and O–H groups in total. The summed E-state index contributed by atoms with van der Waals surface area (Å²) in [7, 11) is 1.93. The number of ketones is 1. The minimum atomic E-state index is -0.459. The number of likely N-dealkylation sites (N-methyl/N-ethyl adjacent to an activating group) is 1. The summed E-state index contributed by atoms with van der Waals surface area (Å²) in [4.78, 5) is 31.1. The number of benzene rings is 3. The summed E-state index contributed by atoms with van der Waals surface area (Å²) in [6, 6.07) is 30.8. The molecule has 1 saturated heterocycles. The summed E-state index contributed by atoms with van der Waals surface area (Å²) >= 11 is 0. The molecule has 0 spiro atoms. The van der Waals surface area contributed by atoms with E-state index >= 15 is 0 Å². The Hall–Kier alpha value is -3.24. The zero-order valence-corrected chi connectivity index (χ0v) is 21.4. The average molecular weight is 481 g/mol. The standard InChI is InChI=1S/C32H36N2O2/c1-25(35)31(27-14-8-4-9-15-27)18-20-34(21-19-31)24-29-22-32(29,28-16-10-5-11-17-28)30(36)33(2)23-26-12-6-3-7-13-26/h3-17,29H,18-24H2,1-2H3. The lowest BCUT2D eigenvalue weighted by atomic mass is 9.70. The van der Waals surface area contributed by atoms with Gasteiger partial charge in [0.25, 0.3) is 0 Å². The fourth-order valence-electron chi connectivity index (χ4n) is 6.32. The monoisotopic (exact) mass is 480 g/mol. The van der Waals surface area contributed by atoms with Crippen molar-refractivity contribution in [3.63, 3.8) is 0 Å². The van der Waals surface area contributed by atoms with Gasteiger partial charge in [0.2, 0.25) is 5.91 Å². The van der Waals surface area contributed by atoms with Gasteiger partial charge in [-0.2, -0.15) is 0 Å². The third kappa shape index (κ3) is 4.51. The lowest BCUT2D eigenvalue weighted by Gasteiger charge is -2.41. The highest BCUT2D eigenvalue weighted by Crippen LogP contribution is 2.56. The van der Waals surface area contributed by atoms with E-state index in [-0.39, 0.29) is 23.0 Å². The second-order valence-electron chi connectivity index (χ2n) is 10.7. The molecular formula is C32H36N2O2. The zero-order chi connectivity index (χ0) is 25.2. The molecule has 1 saturated carbocycles. The van der Waals surface area contributed by atoms with Gasteiger partial charge in [-0.15, -0.1) is 0 Å². The summed E-state index contributed by atoms with van der Waals surface area (Å²) in [5.41, 5.74) is 2.56. The van der Waals surface area contributed by atoms with Crippen LogP contribution in [-0.2, 0) is 27.0 Å². The smallest absolute Gasteiger partial charge is 0.233 e. The van der Waals surface area contributed by atoms with Gasteiger partial charge in [-0.1, -0.05) is 91.0 Å². The minimum absolute atomic E-state index is 0.210. The zero-order valence-electron chi connectivity index (χ0n) is 21.4. The third-order valence-corrected chi connectivity index (χ3v) is 8.57. The number of hydrogen-bond acceptors (Lipinski definition) is 3. The lowest BCUT2D eigenvalue weighted by Crippen LogP contribution is -2.47. The van der Waals surface area contributed by atoms with Gasteiger partial charge in [-0.05, 0) is 61.9 Å². The van der Waals surface area contributed by atoms with E-state index in [2.05, 4.69) is 41.3 Å². The van der Waals surface area contributed by atoms with Crippen LogP contribution >= 0.6 is 0 Å². The van der Waals surface area contributed by atoms with Crippen molar-refractivity contribution in [2.75, 3.05) is 26.7 Å². The number of rotatable bonds is 8. The first-order chi connectivity index (χ1) is 17.5. The second-order valence-corrected chi connectivity index (χ2v) is 10.7. The fourth-order valence-corrected chi connectivity index (χ4v) is 6.32. The maximum Gasteiger partial charge on any atom is 0.233 e. The van der Waals surface area contributed by atoms with Gasteiger partial charge in [0.1, 0.15) is 5.78 Å². The van der Waals surface area contributed by atoms with Crippen molar-refractivity contribution in [3.8, 4) is 0 Å². The molecule has 2 atom stereocenters. The van der Waals surface area contributed by atoms with Crippen LogP contribution in [0.25, 0.3) is 0 Å². The van der Waals surface area contributed by atoms with E-state index in [4.69, 9.17) is 0 Å². The number of amides is 1. The molecule has 1 aliphatic carbocycles. The molecular weight excluding hydrogens is 444 g/mol. The summed E-state index contributed by atoms with van der Waals surface area (Å²) in [5, 5.41) is 0. The first-order valence-corrected chi connectivity index (χ1v) is 13.1. The van der Waals surface area contributed by atoms with E-state index < -0.39 is 5.41 Å². The van der Waals surface area contributed by atoms with Crippen molar-refractivity contribution in [2.24, 2.45) is 5.92 Å². The molecule has 2 fully saturated rings. The number of carbonyl (C=O) groups is 2. The number of likely N-dealkylation sites (tertiary alicyclic amines) is 1. The molecule has 4 nitrogen and oxygen atoms in total. The summed E-state index contributed by atoms with van der Waals surface area (Å²) in [5.74, 6) is 0.755. The van der Waals surface area contributed by atoms with Crippen LogP contribution in [0.15, 0.2) is 91.0 Å². The largest absolute Gasteiger partial charge is 0.341 e. The van der Waals surface area contributed by atoms with Gasteiger partial charge in [-0.3, -0.25) is 9.59 Å². The SMILES string of the molecule is CC(=O)C1(c2ccccc2)CCN(CC2CC2(C(=O)N(C)Cc2ccccc2)c2ccccc2)CC1. The lowest BCUT2D eigenvalue weighted by molar-refractivity contribution is -0.133. The highest BCUT2D eigenvalue weighted by atomic mass is 16.2. The fraction of sp³-hybridized carbons (Fsp3) is 0.375. The predicted molar refractivity (Wildman–Crippen MR) is 144 cm³/mol. The summed E-state index contributed by atoms with van der Waals surface area (Å²) in [6.45, 7) is 5.00. The van der Waals surface area contributed by atoms with Gasteiger partial charge in [0.05, 0.1) is 10.8 Å². The molecule has 3 aromatic carbocycles. The summed E-state index contributed by atoms with van der Waals surface area (Å²) in [6.07, 6.45) is 2.54. The van der Waals surface area contributed by atoms with E-state index in [0.717, 1.165) is 55.6 Å². The Balaban J connectivity index is 1.30. The van der Waals surface area contributed by atoms with E-state index in [1.807, 2.05) is 66.5 Å². The van der Waals surface area contributed by atoms with Gasteiger partial charge >= 0.3 is 0 Å². The Labute approximate surface area is 214 Å². The Morgan fingerprint density at radius 3 is 1.92 bits per heavy atom. The van der Waals surface area contributed by atoms with Crippen LogP contribution in [0, 0.1) is 5.92 Å². The van der Waals surface area contributed by atoms with Gasteiger partial charge in [0.15, 0.2) is 0 Å². The van der Waals surface area contributed by atoms with Crippen molar-refractivity contribution < 1.29 is 9.59 Å². The molecule has 36 heavy (non-hydrogen) atoms. The van der Waals surface area contributed by atoms with Gasteiger partial charge in [0, 0.05) is 20.1 Å². The molecule has 4 heteroatoms. The van der Waals surface area contributed by atoms with E-state index in [1.165, 1.54) is 0 Å². The summed E-state index contributed by atoms with van der Waals surface area (Å²) < 4.78 is 0. The molecule has 1 amide bonds. The number of piperidine rings is 1. The molecule has 1 aliphatic heterocycles. The topological polar surface area (TPSA) is 40.6 Å². The predicted octanol–water partition coefficient (Wildman–Crippen LogP) is 5.23. The van der Waals surface area contributed by atoms with Crippen LogP contribution in [0.5, 0.6) is 0 Å². The van der Waals surface area contributed by atoms with Crippen LogP contribution < -0.4 is 0 Å². The van der Waals surface area contributed by atoms with E-state index in [1.54, 1.807) is 6.92 Å². The Kier molecular flexibility index (Phi) is 6.81. The highest BCUT2D eigenvalue weighted by molar-refractivity contribution is 5.92. The normalized spacial score (nSPS) is 23.1. The van der Waals surface area contributed by atoms with Crippen molar-refractivity contribution in [1.82, 2.24) is 9.80 Å². The van der Waals surface area contributed by atoms with Crippen molar-refractivity contribution in [1.29, 1.82) is 0 Å². The molecule has 186 valence electrons. The first-order valence-electron chi connectivity index (χ1n) is 13.1. The maximum absolute atomic E-state index is 13.9. The van der Waals surface area contributed by atoms with Crippen LogP contribution in [-0.4, -0.2) is 48.2 Å². The molecule has 2 aliphatic rings. The van der Waals surface area contributed by atoms with Crippen LogP contribution in [0.2, 0.25) is 0 Å². The highest BCUT2D eigenvalue weighted by Gasteiger charge is 2.62. The Morgan fingerprint density at radius 1 is 0.833 bits per heavy atom. The van der Waals surface area contributed by atoms with Crippen molar-refractivity contribution >= 4 is 11.7 Å². The third-order valence-electron chi connectivity index (χ3n) is 8.57. The van der Waals surface area contributed by atoms with Crippen LogP contribution in [0.4, 0.5) is 0 Å². The Morgan fingerprint density at radius 2 is 1.36 bits per heavy atom. The second kappa shape index (κ2) is 10.0. The van der Waals surface area contributed by atoms with Crippen LogP contribution in [0.3, 0.4) is 0 Å². The first kappa shape index (κ1) is 24.5. The molecule has 5 rings (SSSR count). The minimum Gasteiger partial charge on any atom is -0.341 e. The van der Waals surface area contributed by atoms with E-state index in [0.29, 0.717) is 6.54 Å². The number of carbonyl (C=O) groups excluding carboxylic acids is 2. The van der Waals surface area contributed by atoms with Gasteiger partial charge < -0.3 is 9.80 Å². The molecule has 1 heterocycles. The van der Waals surface area contributed by atoms with E-state index in [9.17, 15) is 9.59 Å². The Bertz CT molecular complexity index is 1190. The molecule has 0 bridgehead atoms. The molecule has 0 radical (unpaired) electrons. The quantitative estimate of drug-likeness (QED) is 0.444. The van der Waals surface area contributed by atoms with Gasteiger partial charge in [-0.25, -0.2) is 0 Å². The number of Topliss-reactive ketones (excluding diaryl/α,β-unsaturated/α-hetero) is 1. The molecule has 0 aromatic heterocycles.